The lowest BCUT2D eigenvalue weighted by atomic mass is 10.2. The number of hydrogen-bond donors (Lipinski definition) is 1. The molecule has 5 heteroatoms. The van der Waals surface area contributed by atoms with E-state index in [4.69, 9.17) is 5.11 Å². The van der Waals surface area contributed by atoms with Crippen LogP contribution in [0.4, 0.5) is 0 Å². The molecule has 0 atom stereocenters. The van der Waals surface area contributed by atoms with Crippen LogP contribution in [0.3, 0.4) is 0 Å². The van der Waals surface area contributed by atoms with E-state index < -0.39 is 5.97 Å². The van der Waals surface area contributed by atoms with Crippen molar-refractivity contribution in [2.45, 2.75) is 19.3 Å². The van der Waals surface area contributed by atoms with Gasteiger partial charge >= 0.3 is 11.9 Å². The molecule has 0 aliphatic rings. The summed E-state index contributed by atoms with van der Waals surface area (Å²) in [5, 5.41) is 8.51. The third-order valence-corrected chi connectivity index (χ3v) is 2.44. The van der Waals surface area contributed by atoms with E-state index >= 15 is 0 Å². The molecule has 1 heterocycles. The maximum Gasteiger partial charge on any atom is 0.354 e. The average molecular weight is 225 g/mol. The number of rotatable bonds is 5. The molecule has 0 aromatic carbocycles. The lowest BCUT2D eigenvalue weighted by Gasteiger charge is -2.05. The highest BCUT2D eigenvalue weighted by atomic mass is 16.5. The lowest BCUT2D eigenvalue weighted by molar-refractivity contribution is -0.137. The standard InChI is InChI=1S/C11H15NO4/c1-12-8(4-3-5-10(13)14)6-7-9(12)11(15)16-2/h6-7H,3-5H2,1-2H3,(H,13,14). The van der Waals surface area contributed by atoms with Crippen LogP contribution in [0.5, 0.6) is 0 Å². The van der Waals surface area contributed by atoms with Crippen molar-refractivity contribution in [3.8, 4) is 0 Å². The first kappa shape index (κ1) is 12.3. The second-order valence-electron chi connectivity index (χ2n) is 3.51. The van der Waals surface area contributed by atoms with Crippen LogP contribution in [0.25, 0.3) is 0 Å². The second-order valence-corrected chi connectivity index (χ2v) is 3.51. The Morgan fingerprint density at radius 2 is 2.12 bits per heavy atom. The van der Waals surface area contributed by atoms with Gasteiger partial charge < -0.3 is 14.4 Å². The predicted octanol–water partition coefficient (Wildman–Crippen LogP) is 1.22. The van der Waals surface area contributed by atoms with Gasteiger partial charge in [-0.25, -0.2) is 4.79 Å². The number of aliphatic carboxylic acids is 1. The summed E-state index contributed by atoms with van der Waals surface area (Å²) >= 11 is 0. The number of aryl methyl sites for hydroxylation is 1. The fraction of sp³-hybridized carbons (Fsp3) is 0.455. The molecule has 5 nitrogen and oxygen atoms in total. The Labute approximate surface area is 93.6 Å². The normalized spacial score (nSPS) is 10.1. The van der Waals surface area contributed by atoms with Crippen molar-refractivity contribution in [1.82, 2.24) is 4.57 Å². The number of hydrogen-bond acceptors (Lipinski definition) is 3. The Hall–Kier alpha value is -1.78. The summed E-state index contributed by atoms with van der Waals surface area (Å²) in [6, 6.07) is 3.50. The molecule has 0 amide bonds. The second kappa shape index (κ2) is 5.34. The molecule has 0 fully saturated rings. The van der Waals surface area contributed by atoms with Gasteiger partial charge in [-0.3, -0.25) is 4.79 Å². The van der Waals surface area contributed by atoms with Crippen LogP contribution >= 0.6 is 0 Å². The first-order chi connectivity index (χ1) is 7.56. The Kier molecular flexibility index (Phi) is 4.10. The number of ether oxygens (including phenoxy) is 1. The number of nitrogens with zero attached hydrogens (tertiary/aromatic N) is 1. The predicted molar refractivity (Wildman–Crippen MR) is 57.3 cm³/mol. The number of carboxylic acids is 1. The van der Waals surface area contributed by atoms with Gasteiger partial charge in [-0.2, -0.15) is 0 Å². The summed E-state index contributed by atoms with van der Waals surface area (Å²) in [4.78, 5) is 21.6. The minimum absolute atomic E-state index is 0.138. The summed E-state index contributed by atoms with van der Waals surface area (Å²) < 4.78 is 6.35. The van der Waals surface area contributed by atoms with Crippen LogP contribution in [0.1, 0.15) is 29.0 Å². The first-order valence-electron chi connectivity index (χ1n) is 5.01. The van der Waals surface area contributed by atoms with Gasteiger partial charge in [0.25, 0.3) is 0 Å². The zero-order valence-corrected chi connectivity index (χ0v) is 9.40. The molecular formula is C11H15NO4. The van der Waals surface area contributed by atoms with Crippen molar-refractivity contribution in [2.75, 3.05) is 7.11 Å². The van der Waals surface area contributed by atoms with Gasteiger partial charge in [-0.1, -0.05) is 0 Å². The molecule has 1 rings (SSSR count). The highest BCUT2D eigenvalue weighted by Gasteiger charge is 2.12. The molecule has 0 saturated heterocycles. The van der Waals surface area contributed by atoms with Gasteiger partial charge in [-0.05, 0) is 25.0 Å². The molecule has 0 saturated carbocycles. The number of methoxy groups -OCH3 is 1. The maximum atomic E-state index is 11.3. The van der Waals surface area contributed by atoms with Crippen molar-refractivity contribution in [3.63, 3.8) is 0 Å². The molecule has 16 heavy (non-hydrogen) atoms. The van der Waals surface area contributed by atoms with Gasteiger partial charge in [0, 0.05) is 19.2 Å². The summed E-state index contributed by atoms with van der Waals surface area (Å²) in [5.74, 6) is -1.19. The number of esters is 1. The van der Waals surface area contributed by atoms with Crippen molar-refractivity contribution in [3.05, 3.63) is 23.5 Å². The molecule has 0 aliphatic carbocycles. The molecule has 0 spiro atoms. The van der Waals surface area contributed by atoms with E-state index in [2.05, 4.69) is 4.74 Å². The molecule has 0 unspecified atom stereocenters. The number of aromatic nitrogens is 1. The van der Waals surface area contributed by atoms with Crippen LogP contribution in [-0.4, -0.2) is 28.7 Å². The van der Waals surface area contributed by atoms with E-state index in [1.165, 1.54) is 7.11 Å². The van der Waals surface area contributed by atoms with Gasteiger partial charge in [0.1, 0.15) is 5.69 Å². The van der Waals surface area contributed by atoms with E-state index in [0.29, 0.717) is 18.5 Å². The highest BCUT2D eigenvalue weighted by molar-refractivity contribution is 5.87. The van der Waals surface area contributed by atoms with Crippen LogP contribution in [0.15, 0.2) is 12.1 Å². The lowest BCUT2D eigenvalue weighted by Crippen LogP contribution is -2.09. The Balaban J connectivity index is 2.65. The molecule has 0 bridgehead atoms. The number of carbonyl (C=O) groups is 2. The minimum atomic E-state index is -0.803. The number of carboxylic acid groups (broad SMARTS) is 1. The first-order valence-corrected chi connectivity index (χ1v) is 5.01. The molecular weight excluding hydrogens is 210 g/mol. The van der Waals surface area contributed by atoms with Crippen molar-refractivity contribution in [2.24, 2.45) is 7.05 Å². The molecule has 0 aliphatic heterocycles. The zero-order chi connectivity index (χ0) is 12.1. The van der Waals surface area contributed by atoms with Crippen LogP contribution in [0.2, 0.25) is 0 Å². The Morgan fingerprint density at radius 3 is 2.69 bits per heavy atom. The largest absolute Gasteiger partial charge is 0.481 e. The number of carbonyl (C=O) groups excluding carboxylic acids is 1. The smallest absolute Gasteiger partial charge is 0.354 e. The highest BCUT2D eigenvalue weighted by Crippen LogP contribution is 2.11. The zero-order valence-electron chi connectivity index (χ0n) is 9.40. The van der Waals surface area contributed by atoms with E-state index in [1.54, 1.807) is 17.7 Å². The van der Waals surface area contributed by atoms with E-state index in [0.717, 1.165) is 5.69 Å². The van der Waals surface area contributed by atoms with Crippen LogP contribution in [-0.2, 0) is 23.0 Å². The van der Waals surface area contributed by atoms with Crippen LogP contribution < -0.4 is 0 Å². The van der Waals surface area contributed by atoms with Crippen molar-refractivity contribution in [1.29, 1.82) is 0 Å². The monoisotopic (exact) mass is 225 g/mol. The third kappa shape index (κ3) is 2.85. The maximum absolute atomic E-state index is 11.3. The summed E-state index contributed by atoms with van der Waals surface area (Å²) in [7, 11) is 3.10. The SMILES string of the molecule is COC(=O)c1ccc(CCCC(=O)O)n1C. The summed E-state index contributed by atoms with van der Waals surface area (Å²) in [6.07, 6.45) is 1.34. The quantitative estimate of drug-likeness (QED) is 0.765. The van der Waals surface area contributed by atoms with E-state index in [-0.39, 0.29) is 12.4 Å². The molecule has 88 valence electrons. The topological polar surface area (TPSA) is 68.5 Å². The van der Waals surface area contributed by atoms with Gasteiger partial charge in [0.15, 0.2) is 0 Å². The third-order valence-electron chi connectivity index (χ3n) is 2.44. The van der Waals surface area contributed by atoms with Crippen molar-refractivity contribution >= 4 is 11.9 Å². The van der Waals surface area contributed by atoms with E-state index in [1.807, 2.05) is 6.07 Å². The Morgan fingerprint density at radius 1 is 1.44 bits per heavy atom. The van der Waals surface area contributed by atoms with Crippen molar-refractivity contribution < 1.29 is 19.4 Å². The minimum Gasteiger partial charge on any atom is -0.481 e. The summed E-state index contributed by atoms with van der Waals surface area (Å²) in [6.45, 7) is 0. The van der Waals surface area contributed by atoms with Gasteiger partial charge in [0.2, 0.25) is 0 Å². The fourth-order valence-corrected chi connectivity index (χ4v) is 1.53. The van der Waals surface area contributed by atoms with Gasteiger partial charge in [0.05, 0.1) is 7.11 Å². The van der Waals surface area contributed by atoms with Crippen LogP contribution in [0, 0.1) is 0 Å². The molecule has 0 radical (unpaired) electrons. The van der Waals surface area contributed by atoms with Gasteiger partial charge in [-0.15, -0.1) is 0 Å². The average Bonchev–Trinajstić information content (AvgIpc) is 2.59. The molecule has 1 N–H and O–H groups in total. The van der Waals surface area contributed by atoms with E-state index in [9.17, 15) is 9.59 Å². The fourth-order valence-electron chi connectivity index (χ4n) is 1.53. The Bertz CT molecular complexity index is 395. The summed E-state index contributed by atoms with van der Waals surface area (Å²) in [5.41, 5.74) is 1.41. The molecule has 1 aromatic heterocycles. The molecule has 1 aromatic rings.